The lowest BCUT2D eigenvalue weighted by atomic mass is 10.0. The normalized spacial score (nSPS) is 10.9. The maximum atomic E-state index is 11.4. The van der Waals surface area contributed by atoms with Crippen LogP contribution in [0.5, 0.6) is 0 Å². The van der Waals surface area contributed by atoms with Crippen LogP contribution in [-0.4, -0.2) is 4.98 Å². The molecular formula is C12H14N2O. The smallest absolute Gasteiger partial charge is 0.248 e. The van der Waals surface area contributed by atoms with Crippen molar-refractivity contribution in [1.82, 2.24) is 4.98 Å². The highest BCUT2D eigenvalue weighted by Gasteiger charge is 2.07. The molecular weight excluding hydrogens is 188 g/mol. The summed E-state index contributed by atoms with van der Waals surface area (Å²) >= 11 is 0. The van der Waals surface area contributed by atoms with Gasteiger partial charge in [-0.2, -0.15) is 0 Å². The summed E-state index contributed by atoms with van der Waals surface area (Å²) in [5, 5.41) is 1.02. The summed E-state index contributed by atoms with van der Waals surface area (Å²) in [6.07, 6.45) is 0. The van der Waals surface area contributed by atoms with E-state index in [0.29, 0.717) is 0 Å². The zero-order chi connectivity index (χ0) is 11.2. The molecule has 3 heteroatoms. The van der Waals surface area contributed by atoms with Gasteiger partial charge in [-0.25, -0.2) is 0 Å². The highest BCUT2D eigenvalue weighted by Crippen LogP contribution is 2.25. The molecule has 78 valence electrons. The van der Waals surface area contributed by atoms with Gasteiger partial charge in [-0.15, -0.1) is 0 Å². The summed E-state index contributed by atoms with van der Waals surface area (Å²) in [5.74, 6) is 0. The summed E-state index contributed by atoms with van der Waals surface area (Å²) in [7, 11) is 0. The largest absolute Gasteiger partial charge is 0.398 e. The van der Waals surface area contributed by atoms with Crippen molar-refractivity contribution in [2.45, 2.75) is 20.8 Å². The van der Waals surface area contributed by atoms with Gasteiger partial charge in [0, 0.05) is 17.1 Å². The van der Waals surface area contributed by atoms with Gasteiger partial charge >= 0.3 is 0 Å². The monoisotopic (exact) mass is 202 g/mol. The topological polar surface area (TPSA) is 58.9 Å². The minimum Gasteiger partial charge on any atom is -0.398 e. The number of hydrogen-bond donors (Lipinski definition) is 2. The SMILES string of the molecule is Cc1c(N)cc2c(C)cc(=O)[nH]c2c1C. The lowest BCUT2D eigenvalue weighted by Gasteiger charge is -2.10. The summed E-state index contributed by atoms with van der Waals surface area (Å²) < 4.78 is 0. The average molecular weight is 202 g/mol. The number of anilines is 1. The fourth-order valence-corrected chi connectivity index (χ4v) is 1.85. The number of benzene rings is 1. The molecule has 3 N–H and O–H groups in total. The predicted molar refractivity (Wildman–Crippen MR) is 63.2 cm³/mol. The van der Waals surface area contributed by atoms with E-state index >= 15 is 0 Å². The fraction of sp³-hybridized carbons (Fsp3) is 0.250. The number of aryl methyl sites for hydroxylation is 2. The number of fused-ring (bicyclic) bond motifs is 1. The van der Waals surface area contributed by atoms with Crippen molar-refractivity contribution in [3.63, 3.8) is 0 Å². The molecule has 0 fully saturated rings. The van der Waals surface area contributed by atoms with Gasteiger partial charge in [-0.3, -0.25) is 4.79 Å². The third-order valence-corrected chi connectivity index (χ3v) is 2.96. The Hall–Kier alpha value is -1.77. The van der Waals surface area contributed by atoms with Crippen molar-refractivity contribution >= 4 is 16.6 Å². The number of nitrogens with two attached hydrogens (primary N) is 1. The zero-order valence-electron chi connectivity index (χ0n) is 9.14. The Morgan fingerprint density at radius 1 is 1.13 bits per heavy atom. The van der Waals surface area contributed by atoms with E-state index in [0.717, 1.165) is 33.3 Å². The number of nitrogens with one attached hydrogen (secondary N) is 1. The van der Waals surface area contributed by atoms with E-state index in [1.807, 2.05) is 26.8 Å². The van der Waals surface area contributed by atoms with Gasteiger partial charge in [0.05, 0.1) is 5.52 Å². The zero-order valence-corrected chi connectivity index (χ0v) is 9.14. The van der Waals surface area contributed by atoms with E-state index in [-0.39, 0.29) is 5.56 Å². The van der Waals surface area contributed by atoms with Crippen LogP contribution in [0.3, 0.4) is 0 Å². The summed E-state index contributed by atoms with van der Waals surface area (Å²) in [4.78, 5) is 14.2. The minimum atomic E-state index is -0.0627. The third-order valence-electron chi connectivity index (χ3n) is 2.96. The average Bonchev–Trinajstić information content (AvgIpc) is 2.17. The molecule has 0 radical (unpaired) electrons. The van der Waals surface area contributed by atoms with Crippen LogP contribution in [-0.2, 0) is 0 Å². The molecule has 15 heavy (non-hydrogen) atoms. The van der Waals surface area contributed by atoms with Crippen LogP contribution in [0, 0.1) is 20.8 Å². The van der Waals surface area contributed by atoms with Gasteiger partial charge in [0.15, 0.2) is 0 Å². The van der Waals surface area contributed by atoms with Crippen molar-refractivity contribution in [2.24, 2.45) is 0 Å². The maximum absolute atomic E-state index is 11.4. The lowest BCUT2D eigenvalue weighted by molar-refractivity contribution is 1.24. The molecule has 1 aromatic carbocycles. The molecule has 0 amide bonds. The first-order chi connectivity index (χ1) is 7.00. The Balaban J connectivity index is 3.05. The second-order valence-electron chi connectivity index (χ2n) is 3.95. The van der Waals surface area contributed by atoms with Crippen LogP contribution in [0.1, 0.15) is 16.7 Å². The van der Waals surface area contributed by atoms with E-state index in [9.17, 15) is 4.79 Å². The summed E-state index contributed by atoms with van der Waals surface area (Å²) in [6.45, 7) is 5.86. The van der Waals surface area contributed by atoms with E-state index in [2.05, 4.69) is 4.98 Å². The third kappa shape index (κ3) is 1.40. The van der Waals surface area contributed by atoms with Crippen LogP contribution in [0.25, 0.3) is 10.9 Å². The second-order valence-corrected chi connectivity index (χ2v) is 3.95. The molecule has 2 aromatic rings. The number of nitrogen functional groups attached to an aromatic ring is 1. The van der Waals surface area contributed by atoms with Crippen LogP contribution < -0.4 is 11.3 Å². The molecule has 0 saturated heterocycles. The number of aromatic amines is 1. The number of rotatable bonds is 0. The van der Waals surface area contributed by atoms with Gasteiger partial charge in [0.1, 0.15) is 0 Å². The van der Waals surface area contributed by atoms with Crippen molar-refractivity contribution in [2.75, 3.05) is 5.73 Å². The molecule has 0 atom stereocenters. The van der Waals surface area contributed by atoms with E-state index in [1.54, 1.807) is 6.07 Å². The highest BCUT2D eigenvalue weighted by atomic mass is 16.1. The van der Waals surface area contributed by atoms with E-state index < -0.39 is 0 Å². The van der Waals surface area contributed by atoms with Gasteiger partial charge in [-0.1, -0.05) is 0 Å². The number of pyridine rings is 1. The van der Waals surface area contributed by atoms with Gasteiger partial charge in [0.2, 0.25) is 5.56 Å². The second kappa shape index (κ2) is 3.12. The van der Waals surface area contributed by atoms with E-state index in [1.165, 1.54) is 0 Å². The van der Waals surface area contributed by atoms with Gasteiger partial charge < -0.3 is 10.7 Å². The number of hydrogen-bond acceptors (Lipinski definition) is 2. The first-order valence-electron chi connectivity index (χ1n) is 4.90. The minimum absolute atomic E-state index is 0.0627. The molecule has 0 unspecified atom stereocenters. The predicted octanol–water partition coefficient (Wildman–Crippen LogP) is 2.04. The van der Waals surface area contributed by atoms with Gasteiger partial charge in [0.25, 0.3) is 0 Å². The van der Waals surface area contributed by atoms with Crippen molar-refractivity contribution < 1.29 is 0 Å². The molecule has 0 bridgehead atoms. The summed E-state index contributed by atoms with van der Waals surface area (Å²) in [6, 6.07) is 3.51. The molecule has 0 aliphatic rings. The maximum Gasteiger partial charge on any atom is 0.248 e. The van der Waals surface area contributed by atoms with Crippen molar-refractivity contribution in [1.29, 1.82) is 0 Å². The lowest BCUT2D eigenvalue weighted by Crippen LogP contribution is -2.07. The standard InChI is InChI=1S/C12H14N2O/c1-6-4-11(15)14-12-8(3)7(2)10(13)5-9(6)12/h4-5H,13H2,1-3H3,(H,14,15). The van der Waals surface area contributed by atoms with Crippen LogP contribution in [0.2, 0.25) is 0 Å². The molecule has 2 rings (SSSR count). The fourth-order valence-electron chi connectivity index (χ4n) is 1.85. The molecule has 0 aliphatic heterocycles. The Kier molecular flexibility index (Phi) is 2.03. The Labute approximate surface area is 87.9 Å². The Morgan fingerprint density at radius 3 is 2.47 bits per heavy atom. The van der Waals surface area contributed by atoms with Crippen molar-refractivity contribution in [3.05, 3.63) is 39.2 Å². The molecule has 1 aromatic heterocycles. The number of H-pyrrole nitrogens is 1. The number of aromatic nitrogens is 1. The van der Waals surface area contributed by atoms with Crippen LogP contribution >= 0.6 is 0 Å². The highest BCUT2D eigenvalue weighted by molar-refractivity contribution is 5.89. The quantitative estimate of drug-likeness (QED) is 0.642. The first-order valence-corrected chi connectivity index (χ1v) is 4.90. The Morgan fingerprint density at radius 2 is 1.80 bits per heavy atom. The van der Waals surface area contributed by atoms with Gasteiger partial charge in [-0.05, 0) is 43.5 Å². The Bertz CT molecular complexity index is 597. The molecule has 0 aliphatic carbocycles. The molecule has 0 saturated carbocycles. The van der Waals surface area contributed by atoms with Crippen molar-refractivity contribution in [3.8, 4) is 0 Å². The first kappa shape index (κ1) is 9.77. The molecule has 0 spiro atoms. The summed E-state index contributed by atoms with van der Waals surface area (Å²) in [5.41, 5.74) is 10.5. The molecule has 3 nitrogen and oxygen atoms in total. The molecule has 1 heterocycles. The van der Waals surface area contributed by atoms with Crippen LogP contribution in [0.4, 0.5) is 5.69 Å². The van der Waals surface area contributed by atoms with Crippen LogP contribution in [0.15, 0.2) is 16.9 Å². The van der Waals surface area contributed by atoms with E-state index in [4.69, 9.17) is 5.73 Å².